The summed E-state index contributed by atoms with van der Waals surface area (Å²) in [5.41, 5.74) is 0. The Balaban J connectivity index is 1.73. The Morgan fingerprint density at radius 1 is 1.42 bits per heavy atom. The second kappa shape index (κ2) is 5.13. The first-order valence-corrected chi connectivity index (χ1v) is 6.72. The number of nitrogens with zero attached hydrogens (tertiary/aromatic N) is 4. The molecule has 1 aliphatic rings. The summed E-state index contributed by atoms with van der Waals surface area (Å²) in [6.45, 7) is 0. The van der Waals surface area contributed by atoms with Crippen LogP contribution in [-0.4, -0.2) is 30.9 Å². The zero-order valence-corrected chi connectivity index (χ0v) is 11.0. The Morgan fingerprint density at radius 3 is 3.00 bits per heavy atom. The van der Waals surface area contributed by atoms with E-state index in [0.29, 0.717) is 24.0 Å². The Morgan fingerprint density at radius 2 is 2.26 bits per heavy atom. The van der Waals surface area contributed by atoms with Gasteiger partial charge in [0.05, 0.1) is 6.10 Å². The van der Waals surface area contributed by atoms with Crippen LogP contribution >= 0.6 is 0 Å². The minimum atomic E-state index is -0.239. The van der Waals surface area contributed by atoms with E-state index in [1.165, 1.54) is 6.42 Å². The SMILES string of the molecule is Cn1ccnc1-c1noc(CC2CCCCC2O)n1. The molecular formula is C13H18N4O2. The van der Waals surface area contributed by atoms with E-state index in [2.05, 4.69) is 15.1 Å². The summed E-state index contributed by atoms with van der Waals surface area (Å²) in [4.78, 5) is 8.56. The molecule has 0 spiro atoms. The molecule has 6 heteroatoms. The van der Waals surface area contributed by atoms with E-state index >= 15 is 0 Å². The fraction of sp³-hybridized carbons (Fsp3) is 0.615. The molecule has 0 aliphatic heterocycles. The molecule has 6 nitrogen and oxygen atoms in total. The molecule has 0 saturated heterocycles. The summed E-state index contributed by atoms with van der Waals surface area (Å²) in [6, 6.07) is 0. The number of imidazole rings is 1. The summed E-state index contributed by atoms with van der Waals surface area (Å²) in [7, 11) is 1.89. The second-order valence-corrected chi connectivity index (χ2v) is 5.19. The predicted octanol–water partition coefficient (Wildman–Crippen LogP) is 1.56. The molecule has 0 aromatic carbocycles. The topological polar surface area (TPSA) is 77.0 Å². The minimum absolute atomic E-state index is 0.239. The van der Waals surface area contributed by atoms with Crippen molar-refractivity contribution < 1.29 is 9.63 Å². The van der Waals surface area contributed by atoms with Gasteiger partial charge in [0.25, 0.3) is 0 Å². The highest BCUT2D eigenvalue weighted by molar-refractivity contribution is 5.42. The molecule has 102 valence electrons. The van der Waals surface area contributed by atoms with Gasteiger partial charge in [0.1, 0.15) is 0 Å². The van der Waals surface area contributed by atoms with Gasteiger partial charge in [0.15, 0.2) is 5.82 Å². The number of aryl methyl sites for hydroxylation is 1. The van der Waals surface area contributed by atoms with Crippen LogP contribution in [0, 0.1) is 5.92 Å². The predicted molar refractivity (Wildman–Crippen MR) is 68.2 cm³/mol. The number of rotatable bonds is 3. The van der Waals surface area contributed by atoms with Crippen molar-refractivity contribution in [1.82, 2.24) is 19.7 Å². The van der Waals surface area contributed by atoms with Gasteiger partial charge in [0, 0.05) is 25.9 Å². The maximum absolute atomic E-state index is 9.96. The molecule has 19 heavy (non-hydrogen) atoms. The van der Waals surface area contributed by atoms with Crippen molar-refractivity contribution >= 4 is 0 Å². The van der Waals surface area contributed by atoms with Gasteiger partial charge < -0.3 is 14.2 Å². The minimum Gasteiger partial charge on any atom is -0.393 e. The normalized spacial score (nSPS) is 23.7. The smallest absolute Gasteiger partial charge is 0.238 e. The first kappa shape index (κ1) is 12.3. The van der Waals surface area contributed by atoms with Crippen LogP contribution in [0.5, 0.6) is 0 Å². The number of aromatic nitrogens is 4. The van der Waals surface area contributed by atoms with Crippen LogP contribution in [0.4, 0.5) is 0 Å². The molecule has 1 fully saturated rings. The van der Waals surface area contributed by atoms with Crippen molar-refractivity contribution in [3.05, 3.63) is 18.3 Å². The van der Waals surface area contributed by atoms with Gasteiger partial charge in [-0.25, -0.2) is 4.98 Å². The third kappa shape index (κ3) is 2.53. The number of hydrogen-bond acceptors (Lipinski definition) is 5. The molecule has 2 aromatic heterocycles. The molecule has 2 atom stereocenters. The average molecular weight is 262 g/mol. The molecular weight excluding hydrogens is 244 g/mol. The summed E-state index contributed by atoms with van der Waals surface area (Å²) in [6.07, 6.45) is 8.15. The van der Waals surface area contributed by atoms with Gasteiger partial charge in [-0.2, -0.15) is 4.98 Å². The van der Waals surface area contributed by atoms with Crippen molar-refractivity contribution in [2.75, 3.05) is 0 Å². The fourth-order valence-electron chi connectivity index (χ4n) is 2.66. The van der Waals surface area contributed by atoms with Crippen molar-refractivity contribution in [2.24, 2.45) is 13.0 Å². The monoisotopic (exact) mass is 262 g/mol. The highest BCUT2D eigenvalue weighted by Gasteiger charge is 2.25. The Kier molecular flexibility index (Phi) is 3.33. The van der Waals surface area contributed by atoms with Crippen molar-refractivity contribution in [3.63, 3.8) is 0 Å². The van der Waals surface area contributed by atoms with Crippen LogP contribution in [0.25, 0.3) is 11.6 Å². The maximum Gasteiger partial charge on any atom is 0.238 e. The zero-order valence-electron chi connectivity index (χ0n) is 11.0. The second-order valence-electron chi connectivity index (χ2n) is 5.19. The maximum atomic E-state index is 9.96. The molecule has 3 rings (SSSR count). The summed E-state index contributed by atoms with van der Waals surface area (Å²) in [5.74, 6) is 2.03. The van der Waals surface area contributed by atoms with Gasteiger partial charge >= 0.3 is 0 Å². The molecule has 1 saturated carbocycles. The van der Waals surface area contributed by atoms with Crippen LogP contribution in [0.2, 0.25) is 0 Å². The van der Waals surface area contributed by atoms with Crippen molar-refractivity contribution in [2.45, 2.75) is 38.2 Å². The third-order valence-electron chi connectivity index (χ3n) is 3.80. The van der Waals surface area contributed by atoms with E-state index < -0.39 is 0 Å². The molecule has 2 heterocycles. The largest absolute Gasteiger partial charge is 0.393 e. The van der Waals surface area contributed by atoms with Crippen LogP contribution in [-0.2, 0) is 13.5 Å². The van der Waals surface area contributed by atoms with Gasteiger partial charge in [0.2, 0.25) is 11.7 Å². The van der Waals surface area contributed by atoms with E-state index in [9.17, 15) is 5.11 Å². The van der Waals surface area contributed by atoms with Crippen LogP contribution < -0.4 is 0 Å². The highest BCUT2D eigenvalue weighted by atomic mass is 16.5. The quantitative estimate of drug-likeness (QED) is 0.908. The van der Waals surface area contributed by atoms with Crippen molar-refractivity contribution in [3.8, 4) is 11.6 Å². The Labute approximate surface area is 111 Å². The summed E-state index contributed by atoms with van der Waals surface area (Å²) in [5, 5.41) is 13.9. The molecule has 2 unspecified atom stereocenters. The first-order chi connectivity index (χ1) is 9.24. The van der Waals surface area contributed by atoms with Crippen LogP contribution in [0.3, 0.4) is 0 Å². The van der Waals surface area contributed by atoms with E-state index in [4.69, 9.17) is 4.52 Å². The van der Waals surface area contributed by atoms with Gasteiger partial charge in [-0.1, -0.05) is 18.0 Å². The highest BCUT2D eigenvalue weighted by Crippen LogP contribution is 2.27. The Hall–Kier alpha value is -1.69. The first-order valence-electron chi connectivity index (χ1n) is 6.72. The molecule has 1 aliphatic carbocycles. The fourth-order valence-corrected chi connectivity index (χ4v) is 2.66. The lowest BCUT2D eigenvalue weighted by Gasteiger charge is -2.26. The van der Waals surface area contributed by atoms with E-state index in [-0.39, 0.29) is 12.0 Å². The van der Waals surface area contributed by atoms with E-state index in [0.717, 1.165) is 19.3 Å². The van der Waals surface area contributed by atoms with Gasteiger partial charge in [-0.15, -0.1) is 0 Å². The standard InChI is InChI=1S/C13H18N4O2/c1-17-7-6-14-13(17)12-15-11(19-16-12)8-9-4-2-3-5-10(9)18/h6-7,9-10,18H,2-5,8H2,1H3. The molecule has 0 radical (unpaired) electrons. The van der Waals surface area contributed by atoms with Gasteiger partial charge in [-0.3, -0.25) is 0 Å². The Bertz CT molecular complexity index is 548. The van der Waals surface area contributed by atoms with Crippen LogP contribution in [0.1, 0.15) is 31.6 Å². The molecule has 0 amide bonds. The lowest BCUT2D eigenvalue weighted by molar-refractivity contribution is 0.0657. The van der Waals surface area contributed by atoms with E-state index in [1.54, 1.807) is 6.20 Å². The summed E-state index contributed by atoms with van der Waals surface area (Å²) < 4.78 is 7.12. The number of hydrogen-bond donors (Lipinski definition) is 1. The number of aliphatic hydroxyl groups excluding tert-OH is 1. The number of aliphatic hydroxyl groups is 1. The average Bonchev–Trinajstić information content (AvgIpc) is 3.01. The van der Waals surface area contributed by atoms with Crippen molar-refractivity contribution in [1.29, 1.82) is 0 Å². The molecule has 1 N–H and O–H groups in total. The third-order valence-corrected chi connectivity index (χ3v) is 3.80. The molecule has 2 aromatic rings. The van der Waals surface area contributed by atoms with Gasteiger partial charge in [-0.05, 0) is 18.8 Å². The lowest BCUT2D eigenvalue weighted by atomic mass is 9.84. The van der Waals surface area contributed by atoms with E-state index in [1.807, 2.05) is 17.8 Å². The zero-order chi connectivity index (χ0) is 13.2. The molecule has 0 bridgehead atoms. The van der Waals surface area contributed by atoms with Crippen LogP contribution in [0.15, 0.2) is 16.9 Å². The summed E-state index contributed by atoms with van der Waals surface area (Å²) >= 11 is 0. The lowest BCUT2D eigenvalue weighted by Crippen LogP contribution is -2.26.